The number of hydrogen-bond acceptors (Lipinski definition) is 4. The summed E-state index contributed by atoms with van der Waals surface area (Å²) >= 11 is 1.70. The van der Waals surface area contributed by atoms with E-state index in [0.29, 0.717) is 0 Å². The summed E-state index contributed by atoms with van der Waals surface area (Å²) in [5, 5.41) is 1.16. The Morgan fingerprint density at radius 1 is 1.26 bits per heavy atom. The highest BCUT2D eigenvalue weighted by atomic mass is 32.1. The van der Waals surface area contributed by atoms with Gasteiger partial charge in [-0.05, 0) is 43.7 Å². The summed E-state index contributed by atoms with van der Waals surface area (Å²) < 4.78 is 0. The number of nitrogens with two attached hydrogens (primary N) is 1. The second-order valence-electron chi connectivity index (χ2n) is 4.68. The number of thiophene rings is 1. The van der Waals surface area contributed by atoms with Gasteiger partial charge >= 0.3 is 0 Å². The second-order valence-corrected chi connectivity index (χ2v) is 5.92. The maximum atomic E-state index is 6.09. The van der Waals surface area contributed by atoms with Crippen molar-refractivity contribution in [1.29, 1.82) is 0 Å². The minimum Gasteiger partial charge on any atom is -0.324 e. The molecule has 0 radical (unpaired) electrons. The van der Waals surface area contributed by atoms with Gasteiger partial charge in [0.1, 0.15) is 4.83 Å². The van der Waals surface area contributed by atoms with Crippen LogP contribution in [-0.4, -0.2) is 9.97 Å². The Bertz CT molecular complexity index is 717. The third kappa shape index (κ3) is 2.25. The number of aryl methyl sites for hydroxylation is 1. The molecule has 19 heavy (non-hydrogen) atoms. The van der Waals surface area contributed by atoms with Crippen LogP contribution < -0.4 is 5.73 Å². The first-order chi connectivity index (χ1) is 9.15. The zero-order chi connectivity index (χ0) is 13.4. The molecular formula is C15H15N3S. The van der Waals surface area contributed by atoms with Crippen molar-refractivity contribution in [3.8, 4) is 11.4 Å². The average Bonchev–Trinajstić information content (AvgIpc) is 2.77. The monoisotopic (exact) mass is 269 g/mol. The number of hydrogen-bond donors (Lipinski definition) is 1. The lowest BCUT2D eigenvalue weighted by Crippen LogP contribution is -2.08. The molecule has 4 heteroatoms. The largest absolute Gasteiger partial charge is 0.324 e. The molecule has 0 spiro atoms. The van der Waals surface area contributed by atoms with Gasteiger partial charge < -0.3 is 5.73 Å². The predicted molar refractivity (Wildman–Crippen MR) is 80.2 cm³/mol. The Hall–Kier alpha value is -1.78. The van der Waals surface area contributed by atoms with Crippen molar-refractivity contribution in [1.82, 2.24) is 9.97 Å². The first-order valence-corrected chi connectivity index (χ1v) is 7.05. The quantitative estimate of drug-likeness (QED) is 0.772. The maximum Gasteiger partial charge on any atom is 0.124 e. The minimum atomic E-state index is -0.0610. The van der Waals surface area contributed by atoms with Gasteiger partial charge in [-0.15, -0.1) is 11.3 Å². The topological polar surface area (TPSA) is 51.8 Å². The summed E-state index contributed by atoms with van der Waals surface area (Å²) in [5.74, 6) is 0. The van der Waals surface area contributed by atoms with Crippen LogP contribution >= 0.6 is 11.3 Å². The van der Waals surface area contributed by atoms with Crippen molar-refractivity contribution in [3.05, 3.63) is 47.0 Å². The van der Waals surface area contributed by atoms with Gasteiger partial charge in [0.05, 0.1) is 11.4 Å². The summed E-state index contributed by atoms with van der Waals surface area (Å²) in [7, 11) is 0. The zero-order valence-electron chi connectivity index (χ0n) is 10.9. The second kappa shape index (κ2) is 4.72. The molecule has 3 aromatic heterocycles. The molecule has 0 aliphatic rings. The van der Waals surface area contributed by atoms with E-state index < -0.39 is 0 Å². The summed E-state index contributed by atoms with van der Waals surface area (Å²) in [5.41, 5.74) is 8.90. The van der Waals surface area contributed by atoms with Crippen LogP contribution in [0.15, 0.2) is 36.5 Å². The van der Waals surface area contributed by atoms with Gasteiger partial charge in [-0.3, -0.25) is 4.98 Å². The fourth-order valence-electron chi connectivity index (χ4n) is 2.17. The van der Waals surface area contributed by atoms with Crippen LogP contribution in [0, 0.1) is 6.92 Å². The zero-order valence-corrected chi connectivity index (χ0v) is 11.7. The normalized spacial score (nSPS) is 12.8. The van der Waals surface area contributed by atoms with E-state index >= 15 is 0 Å². The number of fused-ring (bicyclic) bond motifs is 1. The highest BCUT2D eigenvalue weighted by Crippen LogP contribution is 2.31. The van der Waals surface area contributed by atoms with Crippen LogP contribution in [-0.2, 0) is 0 Å². The van der Waals surface area contributed by atoms with Crippen LogP contribution in [0.2, 0.25) is 0 Å². The van der Waals surface area contributed by atoms with Crippen molar-refractivity contribution in [2.24, 2.45) is 5.73 Å². The average molecular weight is 269 g/mol. The molecule has 3 heterocycles. The van der Waals surface area contributed by atoms with Crippen LogP contribution in [0.4, 0.5) is 0 Å². The van der Waals surface area contributed by atoms with Crippen molar-refractivity contribution < 1.29 is 0 Å². The van der Waals surface area contributed by atoms with E-state index in [-0.39, 0.29) is 6.04 Å². The smallest absolute Gasteiger partial charge is 0.124 e. The Labute approximate surface area is 116 Å². The van der Waals surface area contributed by atoms with Crippen molar-refractivity contribution in [2.75, 3.05) is 0 Å². The van der Waals surface area contributed by atoms with Gasteiger partial charge in [0.15, 0.2) is 0 Å². The van der Waals surface area contributed by atoms with Gasteiger partial charge in [-0.1, -0.05) is 6.07 Å². The Kier molecular flexibility index (Phi) is 3.05. The molecule has 3 nitrogen and oxygen atoms in total. The molecule has 0 aromatic carbocycles. The van der Waals surface area contributed by atoms with Gasteiger partial charge in [-0.2, -0.15) is 0 Å². The van der Waals surface area contributed by atoms with Crippen molar-refractivity contribution in [2.45, 2.75) is 19.9 Å². The number of pyridine rings is 2. The third-order valence-electron chi connectivity index (χ3n) is 3.06. The number of rotatable bonds is 2. The minimum absolute atomic E-state index is 0.0610. The standard InChI is InChI=1S/C15H15N3S/c1-9-7-11-8-12(10(2)16)14(18-15(11)19-9)13-5-3-4-6-17-13/h3-8,10H,16H2,1-2H3. The molecule has 0 amide bonds. The number of nitrogens with zero attached hydrogens (tertiary/aromatic N) is 2. The predicted octanol–water partition coefficient (Wildman–Crippen LogP) is 3.69. The molecule has 0 bridgehead atoms. The highest BCUT2D eigenvalue weighted by Gasteiger charge is 2.14. The summed E-state index contributed by atoms with van der Waals surface area (Å²) in [6, 6.07) is 10.1. The highest BCUT2D eigenvalue weighted by molar-refractivity contribution is 7.18. The van der Waals surface area contributed by atoms with Crippen molar-refractivity contribution in [3.63, 3.8) is 0 Å². The van der Waals surface area contributed by atoms with E-state index in [2.05, 4.69) is 24.0 Å². The molecule has 0 aliphatic carbocycles. The number of aromatic nitrogens is 2. The summed E-state index contributed by atoms with van der Waals surface area (Å²) in [4.78, 5) is 11.5. The van der Waals surface area contributed by atoms with Crippen LogP contribution in [0.3, 0.4) is 0 Å². The van der Waals surface area contributed by atoms with Crippen LogP contribution in [0.5, 0.6) is 0 Å². The van der Waals surface area contributed by atoms with E-state index in [1.54, 1.807) is 17.5 Å². The molecular weight excluding hydrogens is 254 g/mol. The van der Waals surface area contributed by atoms with Gasteiger partial charge in [0, 0.05) is 22.5 Å². The van der Waals surface area contributed by atoms with Gasteiger partial charge in [0.2, 0.25) is 0 Å². The Morgan fingerprint density at radius 2 is 2.11 bits per heavy atom. The molecule has 0 fully saturated rings. The lowest BCUT2D eigenvalue weighted by molar-refractivity contribution is 0.816. The van der Waals surface area contributed by atoms with E-state index in [9.17, 15) is 0 Å². The summed E-state index contributed by atoms with van der Waals surface area (Å²) in [6.07, 6.45) is 1.78. The van der Waals surface area contributed by atoms with Gasteiger partial charge in [-0.25, -0.2) is 4.98 Å². The van der Waals surface area contributed by atoms with Crippen molar-refractivity contribution >= 4 is 21.6 Å². The molecule has 3 rings (SSSR count). The molecule has 0 saturated heterocycles. The SMILES string of the molecule is Cc1cc2cc(C(C)N)c(-c3ccccn3)nc2s1. The fraction of sp³-hybridized carbons (Fsp3) is 0.200. The Morgan fingerprint density at radius 3 is 2.79 bits per heavy atom. The van der Waals surface area contributed by atoms with E-state index in [1.807, 2.05) is 25.1 Å². The first-order valence-electron chi connectivity index (χ1n) is 6.23. The molecule has 0 saturated carbocycles. The molecule has 0 aliphatic heterocycles. The van der Waals surface area contributed by atoms with E-state index in [0.717, 1.165) is 27.2 Å². The summed E-state index contributed by atoms with van der Waals surface area (Å²) in [6.45, 7) is 4.08. The lowest BCUT2D eigenvalue weighted by Gasteiger charge is -2.11. The molecule has 1 atom stereocenters. The van der Waals surface area contributed by atoms with Crippen LogP contribution in [0.1, 0.15) is 23.4 Å². The molecule has 2 N–H and O–H groups in total. The molecule has 1 unspecified atom stereocenters. The first kappa shape index (κ1) is 12.3. The van der Waals surface area contributed by atoms with E-state index in [1.165, 1.54) is 4.88 Å². The van der Waals surface area contributed by atoms with E-state index in [4.69, 9.17) is 10.7 Å². The molecule has 96 valence electrons. The lowest BCUT2D eigenvalue weighted by atomic mass is 10.0. The molecule has 3 aromatic rings. The fourth-order valence-corrected chi connectivity index (χ4v) is 3.03. The third-order valence-corrected chi connectivity index (χ3v) is 4.02. The maximum absolute atomic E-state index is 6.09. The Balaban J connectivity index is 2.29. The van der Waals surface area contributed by atoms with Crippen LogP contribution in [0.25, 0.3) is 21.6 Å². The van der Waals surface area contributed by atoms with Gasteiger partial charge in [0.25, 0.3) is 0 Å².